The van der Waals surface area contributed by atoms with Crippen molar-refractivity contribution >= 4 is 41.1 Å². The van der Waals surface area contributed by atoms with E-state index in [9.17, 15) is 24.0 Å². The highest BCUT2D eigenvalue weighted by Crippen LogP contribution is 2.16. The molecule has 0 rings (SSSR count). The SMILES string of the molecule is CC(C)OC(=O)[C@H](CSC(=O)OCOC(=O)C(C)(C)C)NC(=O)OCOC(=O)C(C)(C)C. The molecule has 0 aromatic rings. The molecule has 32 heavy (non-hydrogen) atoms. The summed E-state index contributed by atoms with van der Waals surface area (Å²) >= 11 is 0.564. The number of thioether (sulfide) groups is 1. The van der Waals surface area contributed by atoms with Crippen LogP contribution in [-0.2, 0) is 38.1 Å². The van der Waals surface area contributed by atoms with Crippen LogP contribution in [0.15, 0.2) is 0 Å². The minimum absolute atomic E-state index is 0.242. The van der Waals surface area contributed by atoms with Crippen LogP contribution in [0.25, 0.3) is 0 Å². The van der Waals surface area contributed by atoms with Crippen molar-refractivity contribution in [3.05, 3.63) is 0 Å². The third kappa shape index (κ3) is 13.0. The molecular formula is C20H33NO10S. The van der Waals surface area contributed by atoms with Crippen molar-refractivity contribution in [3.8, 4) is 0 Å². The maximum absolute atomic E-state index is 12.2. The third-order valence-corrected chi connectivity index (χ3v) is 4.12. The lowest BCUT2D eigenvalue weighted by atomic mass is 9.97. The van der Waals surface area contributed by atoms with Crippen molar-refractivity contribution in [2.45, 2.75) is 67.5 Å². The molecule has 0 bridgehead atoms. The van der Waals surface area contributed by atoms with Crippen LogP contribution in [-0.4, -0.2) is 60.8 Å². The van der Waals surface area contributed by atoms with Crippen LogP contribution < -0.4 is 5.32 Å². The Balaban J connectivity index is 4.67. The fraction of sp³-hybridized carbons (Fsp3) is 0.750. The average molecular weight is 480 g/mol. The van der Waals surface area contributed by atoms with Gasteiger partial charge in [-0.2, -0.15) is 0 Å². The molecule has 1 N–H and O–H groups in total. The predicted octanol–water partition coefficient (Wildman–Crippen LogP) is 3.00. The van der Waals surface area contributed by atoms with E-state index in [1.807, 2.05) is 0 Å². The molecule has 0 aliphatic carbocycles. The van der Waals surface area contributed by atoms with Crippen molar-refractivity contribution in [3.63, 3.8) is 0 Å². The minimum atomic E-state index is -1.25. The quantitative estimate of drug-likeness (QED) is 0.296. The first-order valence-electron chi connectivity index (χ1n) is 9.81. The van der Waals surface area contributed by atoms with E-state index in [1.165, 1.54) is 0 Å². The Labute approximate surface area is 192 Å². The summed E-state index contributed by atoms with van der Waals surface area (Å²) in [5.74, 6) is -2.17. The van der Waals surface area contributed by atoms with Gasteiger partial charge in [0.15, 0.2) is 0 Å². The number of esters is 3. The molecule has 1 atom stereocenters. The second kappa shape index (κ2) is 13.1. The monoisotopic (exact) mass is 479 g/mol. The van der Waals surface area contributed by atoms with E-state index in [4.69, 9.17) is 23.7 Å². The summed E-state index contributed by atoms with van der Waals surface area (Å²) in [6.45, 7) is 11.8. The number of ether oxygens (including phenoxy) is 5. The van der Waals surface area contributed by atoms with Crippen LogP contribution in [0.5, 0.6) is 0 Å². The van der Waals surface area contributed by atoms with Gasteiger partial charge in [0.2, 0.25) is 13.6 Å². The fourth-order valence-electron chi connectivity index (χ4n) is 1.56. The van der Waals surface area contributed by atoms with Crippen LogP contribution in [0.3, 0.4) is 0 Å². The molecule has 0 unspecified atom stereocenters. The normalized spacial score (nSPS) is 12.4. The molecule has 0 aliphatic rings. The molecule has 12 heteroatoms. The lowest BCUT2D eigenvalue weighted by Crippen LogP contribution is -2.45. The molecule has 0 heterocycles. The highest BCUT2D eigenvalue weighted by Gasteiger charge is 2.27. The van der Waals surface area contributed by atoms with Crippen LogP contribution in [0.1, 0.15) is 55.4 Å². The lowest BCUT2D eigenvalue weighted by Gasteiger charge is -2.19. The van der Waals surface area contributed by atoms with E-state index in [0.29, 0.717) is 11.8 Å². The molecule has 0 saturated heterocycles. The molecule has 0 saturated carbocycles. The van der Waals surface area contributed by atoms with Crippen molar-refractivity contribution in [1.82, 2.24) is 5.32 Å². The summed E-state index contributed by atoms with van der Waals surface area (Å²) in [6, 6.07) is -1.25. The van der Waals surface area contributed by atoms with Gasteiger partial charge in [0.25, 0.3) is 0 Å². The number of nitrogens with one attached hydrogen (secondary N) is 1. The van der Waals surface area contributed by atoms with E-state index in [2.05, 4.69) is 5.32 Å². The second-order valence-electron chi connectivity index (χ2n) is 8.92. The number of hydrogen-bond donors (Lipinski definition) is 1. The maximum Gasteiger partial charge on any atom is 0.410 e. The zero-order valence-corrected chi connectivity index (χ0v) is 20.6. The first-order valence-corrected chi connectivity index (χ1v) is 10.8. The summed E-state index contributed by atoms with van der Waals surface area (Å²) in [4.78, 5) is 59.3. The van der Waals surface area contributed by atoms with Crippen LogP contribution in [0, 0.1) is 10.8 Å². The van der Waals surface area contributed by atoms with E-state index in [-0.39, 0.29) is 5.75 Å². The Morgan fingerprint density at radius 3 is 1.69 bits per heavy atom. The zero-order valence-electron chi connectivity index (χ0n) is 19.8. The summed E-state index contributed by atoms with van der Waals surface area (Å²) in [5.41, 5.74) is -1.53. The number of alkyl carbamates (subject to hydrolysis) is 1. The molecule has 0 aromatic heterocycles. The van der Waals surface area contributed by atoms with E-state index in [1.54, 1.807) is 55.4 Å². The van der Waals surface area contributed by atoms with Gasteiger partial charge in [0.05, 0.1) is 16.9 Å². The number of carbonyl (C=O) groups is 5. The molecule has 0 aromatic carbocycles. The topological polar surface area (TPSA) is 144 Å². The molecule has 0 radical (unpaired) electrons. The van der Waals surface area contributed by atoms with Gasteiger partial charge in [0.1, 0.15) is 6.04 Å². The molecule has 0 spiro atoms. The second-order valence-corrected chi connectivity index (χ2v) is 9.87. The van der Waals surface area contributed by atoms with Gasteiger partial charge in [-0.15, -0.1) is 0 Å². The molecule has 0 aliphatic heterocycles. The van der Waals surface area contributed by atoms with Crippen molar-refractivity contribution in [1.29, 1.82) is 0 Å². The average Bonchev–Trinajstić information content (AvgIpc) is 2.62. The lowest BCUT2D eigenvalue weighted by molar-refractivity contribution is -0.162. The largest absolute Gasteiger partial charge is 0.461 e. The number of hydrogen-bond acceptors (Lipinski definition) is 11. The van der Waals surface area contributed by atoms with Crippen molar-refractivity contribution in [2.75, 3.05) is 19.3 Å². The highest BCUT2D eigenvalue weighted by atomic mass is 32.2. The smallest absolute Gasteiger partial charge is 0.410 e. The first kappa shape index (κ1) is 29.5. The van der Waals surface area contributed by atoms with Crippen molar-refractivity contribution in [2.24, 2.45) is 10.8 Å². The molecule has 0 fully saturated rings. The van der Waals surface area contributed by atoms with Gasteiger partial charge >= 0.3 is 29.3 Å². The Morgan fingerprint density at radius 1 is 0.781 bits per heavy atom. The third-order valence-electron chi connectivity index (χ3n) is 3.27. The van der Waals surface area contributed by atoms with Crippen LogP contribution in [0.2, 0.25) is 0 Å². The van der Waals surface area contributed by atoms with Crippen LogP contribution >= 0.6 is 11.8 Å². The first-order chi connectivity index (χ1) is 14.5. The van der Waals surface area contributed by atoms with Gasteiger partial charge in [-0.25, -0.2) is 14.4 Å². The standard InChI is InChI=1S/C20H33NO10S/c1-12(2)31-14(22)13(21-17(25)29-10-27-15(23)19(3,4)5)9-32-18(26)30-11-28-16(24)20(6,7)8/h12-13H,9-11H2,1-8H3,(H,21,25)/t13-/m0/s1. The summed E-state index contributed by atoms with van der Waals surface area (Å²) in [6.07, 6.45) is -1.52. The molecule has 11 nitrogen and oxygen atoms in total. The van der Waals surface area contributed by atoms with Crippen molar-refractivity contribution < 1.29 is 47.7 Å². The van der Waals surface area contributed by atoms with E-state index < -0.39 is 65.9 Å². The zero-order chi connectivity index (χ0) is 25.1. The minimum Gasteiger partial charge on any atom is -0.461 e. The molecule has 184 valence electrons. The number of rotatable bonds is 9. The Hall–Kier alpha value is -2.50. The van der Waals surface area contributed by atoms with E-state index >= 15 is 0 Å². The Kier molecular flexibility index (Phi) is 12.1. The van der Waals surface area contributed by atoms with Crippen LogP contribution in [0.4, 0.5) is 9.59 Å². The number of amides is 1. The predicted molar refractivity (Wildman–Crippen MR) is 114 cm³/mol. The maximum atomic E-state index is 12.2. The van der Waals surface area contributed by atoms with Gasteiger partial charge < -0.3 is 29.0 Å². The molecule has 1 amide bonds. The summed E-state index contributed by atoms with van der Waals surface area (Å²) in [7, 11) is 0. The van der Waals surface area contributed by atoms with E-state index in [0.717, 1.165) is 0 Å². The molecular weight excluding hydrogens is 446 g/mol. The Bertz CT molecular complexity index is 679. The van der Waals surface area contributed by atoms with Gasteiger partial charge in [-0.05, 0) is 67.2 Å². The highest BCUT2D eigenvalue weighted by molar-refractivity contribution is 8.13. The summed E-state index contributed by atoms with van der Waals surface area (Å²) < 4.78 is 24.2. The van der Waals surface area contributed by atoms with Gasteiger partial charge in [0, 0.05) is 5.75 Å². The summed E-state index contributed by atoms with van der Waals surface area (Å²) in [5, 5.41) is 1.41. The van der Waals surface area contributed by atoms with Gasteiger partial charge in [-0.3, -0.25) is 9.59 Å². The number of carbonyl (C=O) groups excluding carboxylic acids is 5. The Morgan fingerprint density at radius 2 is 1.25 bits per heavy atom. The fourth-order valence-corrected chi connectivity index (χ4v) is 2.21. The van der Waals surface area contributed by atoms with Gasteiger partial charge in [-0.1, -0.05) is 0 Å².